The molecule has 0 fully saturated rings. The van der Waals surface area contributed by atoms with Crippen LogP contribution in [-0.2, 0) is 9.53 Å². The number of nitrogens with zero attached hydrogens (tertiary/aromatic N) is 1. The number of carbonyl (C=O) groups is 2. The first-order valence-electron chi connectivity index (χ1n) is 8.40. The van der Waals surface area contributed by atoms with Crippen molar-refractivity contribution in [3.05, 3.63) is 45.3 Å². The fourth-order valence-corrected chi connectivity index (χ4v) is 3.50. The van der Waals surface area contributed by atoms with E-state index in [4.69, 9.17) is 9.47 Å². The van der Waals surface area contributed by atoms with E-state index in [0.29, 0.717) is 10.6 Å². The smallest absolute Gasteiger partial charge is 0.341 e. The first kappa shape index (κ1) is 21.0. The van der Waals surface area contributed by atoms with Crippen LogP contribution in [0.2, 0.25) is 0 Å². The minimum atomic E-state index is -0.698. The topological polar surface area (TPSA) is 109 Å². The Bertz CT molecular complexity index is 985. The quantitative estimate of drug-likeness (QED) is 0.434. The van der Waals surface area contributed by atoms with Crippen LogP contribution in [0, 0.1) is 25.2 Å². The number of nitrogens with one attached hydrogen (secondary N) is 1. The van der Waals surface area contributed by atoms with Crippen LogP contribution in [0.25, 0.3) is 6.08 Å². The average molecular weight is 400 g/mol. The van der Waals surface area contributed by atoms with Crippen LogP contribution in [0.5, 0.6) is 11.5 Å². The molecule has 1 aromatic heterocycles. The van der Waals surface area contributed by atoms with Crippen LogP contribution in [0.3, 0.4) is 0 Å². The third-order valence-electron chi connectivity index (χ3n) is 4.01. The Labute approximate surface area is 166 Å². The van der Waals surface area contributed by atoms with E-state index in [1.165, 1.54) is 24.5 Å². The Morgan fingerprint density at radius 3 is 2.68 bits per heavy atom. The lowest BCUT2D eigenvalue weighted by molar-refractivity contribution is -0.112. The zero-order valence-corrected chi connectivity index (χ0v) is 16.8. The molecule has 2 rings (SSSR count). The Hall–Kier alpha value is -3.31. The Morgan fingerprint density at radius 2 is 2.07 bits per heavy atom. The number of carbonyl (C=O) groups excluding carboxylic acids is 2. The summed E-state index contributed by atoms with van der Waals surface area (Å²) in [5.74, 6) is -1.19. The predicted molar refractivity (Wildman–Crippen MR) is 107 cm³/mol. The van der Waals surface area contributed by atoms with Crippen molar-refractivity contribution in [3.63, 3.8) is 0 Å². The molecule has 0 spiro atoms. The summed E-state index contributed by atoms with van der Waals surface area (Å²) in [6, 6.07) is 6.55. The van der Waals surface area contributed by atoms with Crippen LogP contribution in [-0.4, -0.2) is 30.7 Å². The lowest BCUT2D eigenvalue weighted by atomic mass is 10.1. The van der Waals surface area contributed by atoms with Gasteiger partial charge in [0.2, 0.25) is 0 Å². The van der Waals surface area contributed by atoms with Crippen molar-refractivity contribution in [2.75, 3.05) is 19.0 Å². The van der Waals surface area contributed by atoms with E-state index in [2.05, 4.69) is 5.32 Å². The van der Waals surface area contributed by atoms with Crippen LogP contribution < -0.4 is 10.1 Å². The van der Waals surface area contributed by atoms with Gasteiger partial charge in [0, 0.05) is 10.4 Å². The number of anilines is 1. The van der Waals surface area contributed by atoms with Gasteiger partial charge >= 0.3 is 5.97 Å². The molecule has 1 aromatic carbocycles. The molecule has 2 N–H and O–H groups in total. The number of nitriles is 1. The van der Waals surface area contributed by atoms with Crippen molar-refractivity contribution < 1.29 is 24.2 Å². The summed E-state index contributed by atoms with van der Waals surface area (Å²) in [7, 11) is 1.40. The summed E-state index contributed by atoms with van der Waals surface area (Å²) >= 11 is 1.23. The highest BCUT2D eigenvalue weighted by atomic mass is 32.1. The Morgan fingerprint density at radius 1 is 1.36 bits per heavy atom. The summed E-state index contributed by atoms with van der Waals surface area (Å²) in [6.45, 7) is 5.50. The highest BCUT2D eigenvalue weighted by molar-refractivity contribution is 7.16. The monoisotopic (exact) mass is 400 g/mol. The molecular weight excluding hydrogens is 380 g/mol. The van der Waals surface area contributed by atoms with Gasteiger partial charge in [-0.2, -0.15) is 5.26 Å². The first-order chi connectivity index (χ1) is 13.3. The Balaban J connectivity index is 2.38. The number of para-hydroxylation sites is 1. The third kappa shape index (κ3) is 4.32. The molecular formula is C20H20N2O5S. The number of methoxy groups -OCH3 is 1. The highest BCUT2D eigenvalue weighted by Gasteiger charge is 2.23. The van der Waals surface area contributed by atoms with Gasteiger partial charge in [-0.3, -0.25) is 4.79 Å². The number of benzene rings is 1. The van der Waals surface area contributed by atoms with Crippen LogP contribution in [0.15, 0.2) is 23.8 Å². The lowest BCUT2D eigenvalue weighted by Crippen LogP contribution is -2.16. The van der Waals surface area contributed by atoms with E-state index < -0.39 is 11.9 Å². The number of hydrogen-bond acceptors (Lipinski definition) is 7. The molecule has 146 valence electrons. The molecule has 0 atom stereocenters. The first-order valence-corrected chi connectivity index (χ1v) is 9.21. The number of hydrogen-bond donors (Lipinski definition) is 2. The Kier molecular flexibility index (Phi) is 6.79. The molecule has 28 heavy (non-hydrogen) atoms. The number of phenols is 1. The molecule has 7 nitrogen and oxygen atoms in total. The molecule has 0 aliphatic rings. The number of thiophene rings is 1. The molecule has 0 saturated carbocycles. The van der Waals surface area contributed by atoms with Crippen molar-refractivity contribution in [3.8, 4) is 17.6 Å². The molecule has 0 saturated heterocycles. The second-order valence-electron chi connectivity index (χ2n) is 5.73. The van der Waals surface area contributed by atoms with E-state index in [1.807, 2.05) is 13.0 Å². The molecule has 1 amide bonds. The fraction of sp³-hybridized carbons (Fsp3) is 0.250. The molecule has 0 radical (unpaired) electrons. The van der Waals surface area contributed by atoms with Crippen LogP contribution in [0.1, 0.15) is 33.3 Å². The molecule has 0 aliphatic carbocycles. The zero-order valence-electron chi connectivity index (χ0n) is 16.0. The fourth-order valence-electron chi connectivity index (χ4n) is 2.46. The number of rotatable bonds is 6. The van der Waals surface area contributed by atoms with Crippen LogP contribution >= 0.6 is 11.3 Å². The van der Waals surface area contributed by atoms with E-state index in [-0.39, 0.29) is 34.8 Å². The van der Waals surface area contributed by atoms with Gasteiger partial charge in [0.1, 0.15) is 16.6 Å². The van der Waals surface area contributed by atoms with Crippen molar-refractivity contribution >= 4 is 34.3 Å². The van der Waals surface area contributed by atoms with Gasteiger partial charge < -0.3 is 19.9 Å². The SMILES string of the molecule is CCOC(=O)c1c(NC(=O)/C(C#N)=C/c2cccc(OC)c2O)sc(C)c1C. The molecule has 0 bridgehead atoms. The largest absolute Gasteiger partial charge is 0.504 e. The maximum absolute atomic E-state index is 12.6. The number of aromatic hydroxyl groups is 1. The molecule has 8 heteroatoms. The van der Waals surface area contributed by atoms with Gasteiger partial charge in [-0.1, -0.05) is 12.1 Å². The standard InChI is InChI=1S/C20H20N2O5S/c1-5-27-20(25)16-11(2)12(3)28-19(16)22-18(24)14(10-21)9-13-7-6-8-15(26-4)17(13)23/h6-9,23H,5H2,1-4H3,(H,22,24)/b14-9+. The van der Waals surface area contributed by atoms with Gasteiger partial charge in [0.25, 0.3) is 5.91 Å². The van der Waals surface area contributed by atoms with Crippen LogP contribution in [0.4, 0.5) is 5.00 Å². The van der Waals surface area contributed by atoms with Crippen molar-refractivity contribution in [1.29, 1.82) is 5.26 Å². The summed E-state index contributed by atoms with van der Waals surface area (Å²) in [5, 5.41) is 22.5. The maximum atomic E-state index is 12.6. The van der Waals surface area contributed by atoms with Gasteiger partial charge in [-0.05, 0) is 38.5 Å². The lowest BCUT2D eigenvalue weighted by Gasteiger charge is -2.08. The van der Waals surface area contributed by atoms with Crippen molar-refractivity contribution in [1.82, 2.24) is 0 Å². The number of aryl methyl sites for hydroxylation is 1. The molecule has 2 aromatic rings. The van der Waals surface area contributed by atoms with Gasteiger partial charge in [-0.25, -0.2) is 4.79 Å². The van der Waals surface area contributed by atoms with Gasteiger partial charge in [0.05, 0.1) is 19.3 Å². The minimum absolute atomic E-state index is 0.180. The predicted octanol–water partition coefficient (Wildman–Crippen LogP) is 3.80. The highest BCUT2D eigenvalue weighted by Crippen LogP contribution is 2.34. The molecule has 0 aliphatic heterocycles. The molecule has 0 unspecified atom stereocenters. The van der Waals surface area contributed by atoms with Gasteiger partial charge in [0.15, 0.2) is 11.5 Å². The van der Waals surface area contributed by atoms with Crippen molar-refractivity contribution in [2.24, 2.45) is 0 Å². The number of amides is 1. The number of ether oxygens (including phenoxy) is 2. The molecule has 1 heterocycles. The normalized spacial score (nSPS) is 10.9. The van der Waals surface area contributed by atoms with E-state index in [0.717, 1.165) is 4.88 Å². The second kappa shape index (κ2) is 9.06. The zero-order chi connectivity index (χ0) is 20.8. The van der Waals surface area contributed by atoms with Crippen molar-refractivity contribution in [2.45, 2.75) is 20.8 Å². The summed E-state index contributed by atoms with van der Waals surface area (Å²) in [5.41, 5.74) is 1.02. The minimum Gasteiger partial charge on any atom is -0.504 e. The van der Waals surface area contributed by atoms with E-state index >= 15 is 0 Å². The van der Waals surface area contributed by atoms with Gasteiger partial charge in [-0.15, -0.1) is 11.3 Å². The summed E-state index contributed by atoms with van der Waals surface area (Å²) in [4.78, 5) is 25.7. The number of phenolic OH excluding ortho intramolecular Hbond substituents is 1. The van der Waals surface area contributed by atoms with E-state index in [1.54, 1.807) is 32.0 Å². The van der Waals surface area contributed by atoms with E-state index in [9.17, 15) is 20.0 Å². The summed E-state index contributed by atoms with van der Waals surface area (Å²) < 4.78 is 10.1. The second-order valence-corrected chi connectivity index (χ2v) is 6.95. The maximum Gasteiger partial charge on any atom is 0.341 e. The average Bonchev–Trinajstić information content (AvgIpc) is 2.94. The number of esters is 1. The third-order valence-corrected chi connectivity index (χ3v) is 5.13. The summed E-state index contributed by atoms with van der Waals surface area (Å²) in [6.07, 6.45) is 1.25.